The van der Waals surface area contributed by atoms with Crippen LogP contribution >= 0.6 is 0 Å². The van der Waals surface area contributed by atoms with E-state index in [4.69, 9.17) is 9.47 Å². The van der Waals surface area contributed by atoms with E-state index in [1.165, 1.54) is 38.5 Å². The number of hydrogen-bond donors (Lipinski definition) is 0. The van der Waals surface area contributed by atoms with Crippen molar-refractivity contribution in [1.29, 1.82) is 0 Å². The van der Waals surface area contributed by atoms with E-state index in [9.17, 15) is 0 Å². The minimum atomic E-state index is 0.563. The van der Waals surface area contributed by atoms with Crippen molar-refractivity contribution < 1.29 is 9.47 Å². The zero-order valence-electron chi connectivity index (χ0n) is 8.52. The predicted molar refractivity (Wildman–Crippen MR) is 54.2 cm³/mol. The number of allylic oxidation sites excluding steroid dienone is 2. The van der Waals surface area contributed by atoms with E-state index in [2.05, 4.69) is 12.2 Å². The minimum absolute atomic E-state index is 0.563. The van der Waals surface area contributed by atoms with Crippen molar-refractivity contribution in [3.63, 3.8) is 0 Å². The second-order valence-electron chi connectivity index (χ2n) is 4.63. The van der Waals surface area contributed by atoms with Crippen molar-refractivity contribution in [1.82, 2.24) is 0 Å². The summed E-state index contributed by atoms with van der Waals surface area (Å²) in [7, 11) is 0. The van der Waals surface area contributed by atoms with Gasteiger partial charge in [-0.3, -0.25) is 0 Å². The van der Waals surface area contributed by atoms with E-state index in [0.717, 1.165) is 0 Å². The van der Waals surface area contributed by atoms with Gasteiger partial charge in [-0.1, -0.05) is 12.2 Å². The lowest BCUT2D eigenvalue weighted by Gasteiger charge is -1.95. The van der Waals surface area contributed by atoms with Gasteiger partial charge in [0.1, 0.15) is 0 Å². The second-order valence-corrected chi connectivity index (χ2v) is 4.63. The van der Waals surface area contributed by atoms with Gasteiger partial charge in [0.2, 0.25) is 0 Å². The maximum absolute atomic E-state index is 5.61. The minimum Gasteiger partial charge on any atom is -0.370 e. The molecule has 0 bridgehead atoms. The van der Waals surface area contributed by atoms with Crippen molar-refractivity contribution in [3.05, 3.63) is 12.2 Å². The number of fused-ring (bicyclic) bond motifs is 2. The molecule has 4 atom stereocenters. The van der Waals surface area contributed by atoms with Crippen LogP contribution in [-0.4, -0.2) is 24.4 Å². The molecule has 2 heterocycles. The third kappa shape index (κ3) is 2.01. The van der Waals surface area contributed by atoms with Gasteiger partial charge in [0, 0.05) is 0 Å². The van der Waals surface area contributed by atoms with Crippen molar-refractivity contribution in [3.8, 4) is 0 Å². The van der Waals surface area contributed by atoms with Gasteiger partial charge in [0.05, 0.1) is 24.4 Å². The van der Waals surface area contributed by atoms with Gasteiger partial charge in [-0.25, -0.2) is 0 Å². The number of ether oxygens (including phenoxy) is 2. The van der Waals surface area contributed by atoms with Crippen LogP contribution in [0.5, 0.6) is 0 Å². The summed E-state index contributed by atoms with van der Waals surface area (Å²) in [5.41, 5.74) is 0. The molecule has 3 rings (SSSR count). The Kier molecular flexibility index (Phi) is 2.34. The van der Waals surface area contributed by atoms with Crippen molar-refractivity contribution in [2.45, 2.75) is 62.9 Å². The van der Waals surface area contributed by atoms with Gasteiger partial charge in [-0.15, -0.1) is 0 Å². The molecule has 0 saturated carbocycles. The van der Waals surface area contributed by atoms with E-state index < -0.39 is 0 Å². The van der Waals surface area contributed by atoms with Crippen LogP contribution in [0.3, 0.4) is 0 Å². The smallest absolute Gasteiger partial charge is 0.0844 e. The second kappa shape index (κ2) is 3.67. The summed E-state index contributed by atoms with van der Waals surface area (Å²) >= 11 is 0. The fourth-order valence-corrected chi connectivity index (χ4v) is 2.46. The summed E-state index contributed by atoms with van der Waals surface area (Å²) in [6, 6.07) is 0. The molecule has 0 radical (unpaired) electrons. The fraction of sp³-hybridized carbons (Fsp3) is 0.833. The zero-order valence-corrected chi connectivity index (χ0v) is 8.52. The molecule has 78 valence electrons. The Bertz CT molecular complexity index is 212. The maximum atomic E-state index is 5.61. The van der Waals surface area contributed by atoms with Crippen molar-refractivity contribution >= 4 is 0 Å². The average molecular weight is 194 g/mol. The summed E-state index contributed by atoms with van der Waals surface area (Å²) < 4.78 is 11.2. The van der Waals surface area contributed by atoms with Gasteiger partial charge in [-0.05, 0) is 38.5 Å². The number of epoxide rings is 2. The Morgan fingerprint density at radius 1 is 0.643 bits per heavy atom. The molecular formula is C12H18O2. The topological polar surface area (TPSA) is 25.1 Å². The Hall–Kier alpha value is -0.340. The molecule has 2 saturated heterocycles. The Labute approximate surface area is 85.3 Å². The van der Waals surface area contributed by atoms with Gasteiger partial charge in [-0.2, -0.15) is 0 Å². The van der Waals surface area contributed by atoms with Crippen LogP contribution in [-0.2, 0) is 9.47 Å². The van der Waals surface area contributed by atoms with Crippen LogP contribution in [0.4, 0.5) is 0 Å². The van der Waals surface area contributed by atoms with Crippen LogP contribution in [0.1, 0.15) is 38.5 Å². The van der Waals surface area contributed by atoms with Crippen molar-refractivity contribution in [2.24, 2.45) is 0 Å². The Morgan fingerprint density at radius 2 is 1.07 bits per heavy atom. The molecule has 0 amide bonds. The number of hydrogen-bond acceptors (Lipinski definition) is 2. The highest BCUT2D eigenvalue weighted by Gasteiger charge is 2.42. The molecule has 0 spiro atoms. The predicted octanol–water partition coefficient (Wildman–Crippen LogP) is 2.43. The maximum Gasteiger partial charge on any atom is 0.0844 e. The van der Waals surface area contributed by atoms with Gasteiger partial charge >= 0.3 is 0 Å². The molecule has 2 heteroatoms. The lowest BCUT2D eigenvalue weighted by atomic mass is 10.0. The third-order valence-electron chi connectivity index (χ3n) is 3.51. The highest BCUT2D eigenvalue weighted by molar-refractivity contribution is 4.95. The first-order chi connectivity index (χ1) is 6.93. The molecule has 4 unspecified atom stereocenters. The lowest BCUT2D eigenvalue weighted by molar-refractivity contribution is 0.329. The van der Waals surface area contributed by atoms with Gasteiger partial charge in [0.15, 0.2) is 0 Å². The van der Waals surface area contributed by atoms with Crippen LogP contribution < -0.4 is 0 Å². The Morgan fingerprint density at radius 3 is 1.57 bits per heavy atom. The van der Waals surface area contributed by atoms with Gasteiger partial charge < -0.3 is 9.47 Å². The molecule has 0 aromatic heterocycles. The zero-order chi connectivity index (χ0) is 9.38. The van der Waals surface area contributed by atoms with Crippen LogP contribution in [0.25, 0.3) is 0 Å². The molecule has 0 N–H and O–H groups in total. The monoisotopic (exact) mass is 194 g/mol. The highest BCUT2D eigenvalue weighted by atomic mass is 16.6. The van der Waals surface area contributed by atoms with E-state index in [1.807, 2.05) is 0 Å². The van der Waals surface area contributed by atoms with E-state index in [0.29, 0.717) is 24.4 Å². The highest BCUT2D eigenvalue weighted by Crippen LogP contribution is 2.36. The fourth-order valence-electron chi connectivity index (χ4n) is 2.46. The van der Waals surface area contributed by atoms with E-state index in [1.54, 1.807) is 0 Å². The SMILES string of the molecule is C1=CCCC2OC2CCC2OC2CC1. The lowest BCUT2D eigenvalue weighted by Crippen LogP contribution is -2.00. The normalized spacial score (nSPS) is 46.9. The first-order valence-electron chi connectivity index (χ1n) is 5.89. The molecule has 0 aromatic rings. The molecule has 2 aliphatic heterocycles. The number of rotatable bonds is 0. The van der Waals surface area contributed by atoms with E-state index >= 15 is 0 Å². The quantitative estimate of drug-likeness (QED) is 0.437. The third-order valence-corrected chi connectivity index (χ3v) is 3.51. The molecule has 2 nitrogen and oxygen atoms in total. The first-order valence-corrected chi connectivity index (χ1v) is 5.89. The standard InChI is InChI=1S/C12H18O2/c1-2-4-6-10-12(14-10)8-7-11-9(13-11)5-3-1/h1-2,9-12H,3-8H2. The summed E-state index contributed by atoms with van der Waals surface area (Å²) in [6.45, 7) is 0. The first kappa shape index (κ1) is 8.93. The Balaban J connectivity index is 1.54. The van der Waals surface area contributed by atoms with E-state index in [-0.39, 0.29) is 0 Å². The molecule has 0 aromatic carbocycles. The molecule has 1 aliphatic carbocycles. The molecule has 3 aliphatic rings. The van der Waals surface area contributed by atoms with Crippen molar-refractivity contribution in [2.75, 3.05) is 0 Å². The summed E-state index contributed by atoms with van der Waals surface area (Å²) in [5, 5.41) is 0. The average Bonchev–Trinajstić information content (AvgIpc) is 3.02. The summed E-state index contributed by atoms with van der Waals surface area (Å²) in [6.07, 6.45) is 14.1. The van der Waals surface area contributed by atoms with Crippen LogP contribution in [0, 0.1) is 0 Å². The van der Waals surface area contributed by atoms with Crippen LogP contribution in [0.2, 0.25) is 0 Å². The summed E-state index contributed by atoms with van der Waals surface area (Å²) in [5.74, 6) is 0. The molecule has 2 fully saturated rings. The largest absolute Gasteiger partial charge is 0.370 e. The molecule has 14 heavy (non-hydrogen) atoms. The van der Waals surface area contributed by atoms with Crippen LogP contribution in [0.15, 0.2) is 12.2 Å². The summed E-state index contributed by atoms with van der Waals surface area (Å²) in [4.78, 5) is 0. The molecular weight excluding hydrogens is 176 g/mol. The van der Waals surface area contributed by atoms with Gasteiger partial charge in [0.25, 0.3) is 0 Å².